The van der Waals surface area contributed by atoms with Crippen LogP contribution in [0, 0.1) is 5.92 Å². The Hall–Kier alpha value is -3.02. The number of fused-ring (bicyclic) bond motifs is 2. The highest BCUT2D eigenvalue weighted by Crippen LogP contribution is 2.47. The molecule has 0 bridgehead atoms. The van der Waals surface area contributed by atoms with Gasteiger partial charge in [0.2, 0.25) is 0 Å². The van der Waals surface area contributed by atoms with Gasteiger partial charge in [-0.05, 0) is 35.1 Å². The molecule has 0 aliphatic carbocycles. The summed E-state index contributed by atoms with van der Waals surface area (Å²) in [7, 11) is 1.57. The molecule has 170 valence electrons. The summed E-state index contributed by atoms with van der Waals surface area (Å²) >= 11 is 6.46. The molecule has 1 heterocycles. The third kappa shape index (κ3) is 3.85. The lowest BCUT2D eigenvalue weighted by molar-refractivity contribution is -0.116. The molecule has 0 saturated heterocycles. The first-order valence-corrected chi connectivity index (χ1v) is 11.4. The van der Waals surface area contributed by atoms with Crippen molar-refractivity contribution in [3.63, 3.8) is 0 Å². The van der Waals surface area contributed by atoms with Crippen LogP contribution in [0.5, 0.6) is 5.75 Å². The number of aliphatic imine (C=N–C) groups is 1. The van der Waals surface area contributed by atoms with Gasteiger partial charge in [-0.15, -0.1) is 0 Å². The van der Waals surface area contributed by atoms with Crippen LogP contribution in [0.2, 0.25) is 5.02 Å². The Kier molecular flexibility index (Phi) is 6.63. The van der Waals surface area contributed by atoms with Gasteiger partial charge in [-0.3, -0.25) is 9.79 Å². The Labute approximate surface area is 198 Å². The fourth-order valence-electron chi connectivity index (χ4n) is 4.83. The van der Waals surface area contributed by atoms with Gasteiger partial charge in [-0.2, -0.15) is 0 Å². The van der Waals surface area contributed by atoms with Crippen LogP contribution in [0.3, 0.4) is 0 Å². The van der Waals surface area contributed by atoms with E-state index in [0.717, 1.165) is 29.9 Å². The molecule has 3 aromatic rings. The number of nitrogens with zero attached hydrogens (tertiary/aromatic N) is 1. The van der Waals surface area contributed by atoms with Crippen LogP contribution in [-0.4, -0.2) is 30.5 Å². The van der Waals surface area contributed by atoms with Gasteiger partial charge < -0.3 is 14.6 Å². The summed E-state index contributed by atoms with van der Waals surface area (Å²) in [6.45, 7) is 2.06. The zero-order chi connectivity index (χ0) is 23.6. The van der Waals surface area contributed by atoms with E-state index in [1.807, 2.05) is 42.5 Å². The quantitative estimate of drug-likeness (QED) is 0.429. The first kappa shape index (κ1) is 23.1. The maximum Gasteiger partial charge on any atom is 0.168 e. The topological polar surface area (TPSA) is 76.0 Å². The van der Waals surface area contributed by atoms with Gasteiger partial charge >= 0.3 is 0 Å². The number of benzene rings is 3. The van der Waals surface area contributed by atoms with Crippen molar-refractivity contribution >= 4 is 40.7 Å². The normalized spacial score (nSPS) is 19.0. The van der Waals surface area contributed by atoms with Crippen molar-refractivity contribution in [2.45, 2.75) is 37.8 Å². The maximum atomic E-state index is 12.7. The minimum atomic E-state index is -1.33. The molecule has 0 saturated carbocycles. The van der Waals surface area contributed by atoms with Gasteiger partial charge in [0.15, 0.2) is 12.6 Å². The van der Waals surface area contributed by atoms with Gasteiger partial charge in [0.25, 0.3) is 0 Å². The third-order valence-corrected chi connectivity index (χ3v) is 6.94. The number of aliphatic hydroxyl groups is 1. The first-order chi connectivity index (χ1) is 16.0. The minimum Gasteiger partial charge on any atom is -0.495 e. The molecule has 33 heavy (non-hydrogen) atoms. The van der Waals surface area contributed by atoms with Gasteiger partial charge in [0.05, 0.1) is 18.2 Å². The average molecular weight is 464 g/mol. The van der Waals surface area contributed by atoms with Gasteiger partial charge in [0.1, 0.15) is 17.0 Å². The lowest BCUT2D eigenvalue weighted by Crippen LogP contribution is -2.38. The summed E-state index contributed by atoms with van der Waals surface area (Å²) in [6, 6.07) is 16.5. The van der Waals surface area contributed by atoms with Crippen molar-refractivity contribution in [1.82, 2.24) is 0 Å². The van der Waals surface area contributed by atoms with Crippen LogP contribution < -0.4 is 4.74 Å². The molecule has 0 amide bonds. The van der Waals surface area contributed by atoms with Gasteiger partial charge in [0, 0.05) is 16.9 Å². The highest BCUT2D eigenvalue weighted by Gasteiger charge is 2.49. The van der Waals surface area contributed by atoms with Crippen LogP contribution in [-0.2, 0) is 15.1 Å². The molecule has 4 rings (SSSR count). The molecule has 5 nitrogen and oxygen atoms in total. The van der Waals surface area contributed by atoms with Crippen LogP contribution in [0.1, 0.15) is 49.0 Å². The van der Waals surface area contributed by atoms with Gasteiger partial charge in [-0.25, -0.2) is 0 Å². The summed E-state index contributed by atoms with van der Waals surface area (Å²) < 4.78 is 5.30. The van der Waals surface area contributed by atoms with E-state index in [1.165, 1.54) is 0 Å². The number of hydrogen-bond acceptors (Lipinski definition) is 5. The monoisotopic (exact) mass is 463 g/mol. The third-order valence-electron chi connectivity index (χ3n) is 6.55. The number of aliphatic hydroxyl groups excluding tert-OH is 1. The van der Waals surface area contributed by atoms with E-state index in [4.69, 9.17) is 16.3 Å². The first-order valence-electron chi connectivity index (χ1n) is 11.1. The standard InChI is InChI=1S/C27H26ClNO4/c1-3-4-8-22(27(16-31)21-9-6-5-7-20(21)23(15-30)29-27)26(32)18-10-12-19-17(14-18)11-13-24(33-2)25(19)28/h5-7,9-16,22,26,32H,3-4,8H2,1-2H3. The number of aldehydes is 2. The number of hydrogen-bond donors (Lipinski definition) is 1. The molecular weight excluding hydrogens is 438 g/mol. The maximum absolute atomic E-state index is 12.7. The van der Waals surface area contributed by atoms with E-state index in [9.17, 15) is 14.7 Å². The highest BCUT2D eigenvalue weighted by molar-refractivity contribution is 6.38. The number of ether oxygens (including phenoxy) is 1. The second-order valence-electron chi connectivity index (χ2n) is 8.36. The summed E-state index contributed by atoms with van der Waals surface area (Å²) in [5.74, 6) is 0.0382. The van der Waals surface area contributed by atoms with Crippen molar-refractivity contribution in [3.8, 4) is 5.75 Å². The molecule has 0 fully saturated rings. The lowest BCUT2D eigenvalue weighted by Gasteiger charge is -2.35. The smallest absolute Gasteiger partial charge is 0.168 e. The summed E-state index contributed by atoms with van der Waals surface area (Å²) in [5, 5.41) is 13.8. The Morgan fingerprint density at radius 3 is 2.64 bits per heavy atom. The molecule has 3 unspecified atom stereocenters. The van der Waals surface area contributed by atoms with Crippen molar-refractivity contribution < 1.29 is 19.4 Å². The number of methoxy groups -OCH3 is 1. The van der Waals surface area contributed by atoms with E-state index < -0.39 is 17.6 Å². The summed E-state index contributed by atoms with van der Waals surface area (Å²) in [5.41, 5.74) is 0.886. The van der Waals surface area contributed by atoms with Crippen molar-refractivity contribution in [2.24, 2.45) is 10.9 Å². The number of halogens is 1. The van der Waals surface area contributed by atoms with E-state index >= 15 is 0 Å². The number of unbranched alkanes of at least 4 members (excludes halogenated alkanes) is 1. The predicted octanol–water partition coefficient (Wildman–Crippen LogP) is 5.44. The average Bonchev–Trinajstić information content (AvgIpc) is 3.19. The Morgan fingerprint density at radius 1 is 1.15 bits per heavy atom. The van der Waals surface area contributed by atoms with E-state index in [1.54, 1.807) is 19.2 Å². The SMILES string of the molecule is CCCCC(C(O)c1ccc2c(Cl)c(OC)ccc2c1)C1(C=O)N=C(C=O)c2ccccc21. The predicted molar refractivity (Wildman–Crippen MR) is 130 cm³/mol. The van der Waals surface area contributed by atoms with Crippen LogP contribution in [0.25, 0.3) is 10.8 Å². The molecule has 0 spiro atoms. The molecule has 1 aliphatic rings. The zero-order valence-electron chi connectivity index (χ0n) is 18.6. The zero-order valence-corrected chi connectivity index (χ0v) is 19.4. The molecular formula is C27H26ClNO4. The molecule has 1 N–H and O–H groups in total. The van der Waals surface area contributed by atoms with Crippen LogP contribution in [0.15, 0.2) is 59.6 Å². The summed E-state index contributed by atoms with van der Waals surface area (Å²) in [6.07, 6.45) is 2.77. The van der Waals surface area contributed by atoms with E-state index in [2.05, 4.69) is 11.9 Å². The van der Waals surface area contributed by atoms with Gasteiger partial charge in [-0.1, -0.05) is 73.8 Å². The fraction of sp³-hybridized carbons (Fsp3) is 0.296. The van der Waals surface area contributed by atoms with Crippen molar-refractivity contribution in [2.75, 3.05) is 7.11 Å². The molecule has 3 atom stereocenters. The van der Waals surface area contributed by atoms with Crippen LogP contribution >= 0.6 is 11.6 Å². The highest BCUT2D eigenvalue weighted by atomic mass is 35.5. The summed E-state index contributed by atoms with van der Waals surface area (Å²) in [4.78, 5) is 29.0. The van der Waals surface area contributed by atoms with E-state index in [-0.39, 0.29) is 5.71 Å². The number of carbonyl (C=O) groups is 2. The van der Waals surface area contributed by atoms with Crippen molar-refractivity contribution in [3.05, 3.63) is 76.3 Å². The Bertz CT molecular complexity index is 1240. The minimum absolute atomic E-state index is 0.240. The molecule has 0 aromatic heterocycles. The second kappa shape index (κ2) is 9.46. The molecule has 1 aliphatic heterocycles. The van der Waals surface area contributed by atoms with Crippen molar-refractivity contribution in [1.29, 1.82) is 0 Å². The molecule has 6 heteroatoms. The second-order valence-corrected chi connectivity index (χ2v) is 8.74. The van der Waals surface area contributed by atoms with E-state index in [0.29, 0.717) is 40.2 Å². The Balaban J connectivity index is 1.83. The lowest BCUT2D eigenvalue weighted by atomic mass is 9.72. The fourth-order valence-corrected chi connectivity index (χ4v) is 5.14. The molecule has 3 aromatic carbocycles. The number of carbonyl (C=O) groups excluding carboxylic acids is 2. The molecule has 0 radical (unpaired) electrons. The number of rotatable bonds is 9. The Morgan fingerprint density at radius 2 is 1.94 bits per heavy atom. The largest absolute Gasteiger partial charge is 0.495 e. The van der Waals surface area contributed by atoms with Crippen LogP contribution in [0.4, 0.5) is 0 Å².